The van der Waals surface area contributed by atoms with E-state index in [0.29, 0.717) is 16.8 Å². The van der Waals surface area contributed by atoms with Crippen molar-refractivity contribution in [1.29, 1.82) is 5.26 Å². The van der Waals surface area contributed by atoms with Gasteiger partial charge >= 0.3 is 0 Å². The van der Waals surface area contributed by atoms with Crippen LogP contribution in [0, 0.1) is 25.2 Å². The fourth-order valence-corrected chi connectivity index (χ4v) is 4.40. The van der Waals surface area contributed by atoms with Gasteiger partial charge in [0, 0.05) is 41.1 Å². The summed E-state index contributed by atoms with van der Waals surface area (Å²) in [5.74, 6) is -0.253. The van der Waals surface area contributed by atoms with Gasteiger partial charge in [-0.3, -0.25) is 14.6 Å². The summed E-state index contributed by atoms with van der Waals surface area (Å²) in [6.07, 6.45) is 3.42. The number of rotatable bonds is 4. The van der Waals surface area contributed by atoms with E-state index in [1.54, 1.807) is 29.9 Å². The first-order valence-corrected chi connectivity index (χ1v) is 11.2. The molecule has 0 atom stereocenters. The Morgan fingerprint density at radius 1 is 1.09 bits per heavy atom. The first-order valence-electron chi connectivity index (χ1n) is 11.2. The molecule has 2 aromatic heterocycles. The van der Waals surface area contributed by atoms with Crippen molar-refractivity contribution in [3.8, 4) is 17.2 Å². The van der Waals surface area contributed by atoms with E-state index < -0.39 is 5.41 Å². The maximum absolute atomic E-state index is 13.2. The molecule has 0 radical (unpaired) electrons. The van der Waals surface area contributed by atoms with E-state index in [1.165, 1.54) is 0 Å². The quantitative estimate of drug-likeness (QED) is 0.475. The van der Waals surface area contributed by atoms with Crippen LogP contribution in [-0.2, 0) is 12.5 Å². The maximum atomic E-state index is 13.2. The van der Waals surface area contributed by atoms with Crippen LogP contribution in [0.25, 0.3) is 22.0 Å². The van der Waals surface area contributed by atoms with Crippen molar-refractivity contribution in [2.24, 2.45) is 7.05 Å². The molecule has 0 spiro atoms. The first kappa shape index (κ1) is 21.6. The van der Waals surface area contributed by atoms with Crippen molar-refractivity contribution in [3.63, 3.8) is 0 Å². The van der Waals surface area contributed by atoms with E-state index in [4.69, 9.17) is 0 Å². The summed E-state index contributed by atoms with van der Waals surface area (Å²) in [5.41, 5.74) is 5.36. The minimum atomic E-state index is -0.448. The zero-order chi connectivity index (χ0) is 24.0. The zero-order valence-electron chi connectivity index (χ0n) is 19.3. The van der Waals surface area contributed by atoms with Crippen LogP contribution in [0.1, 0.15) is 40.0 Å². The van der Waals surface area contributed by atoms with Crippen LogP contribution in [0.2, 0.25) is 0 Å². The third-order valence-corrected chi connectivity index (χ3v) is 6.67. The molecule has 168 valence electrons. The molecule has 2 heterocycles. The highest BCUT2D eigenvalue weighted by molar-refractivity contribution is 6.04. The number of nitrogens with one attached hydrogen (secondary N) is 1. The molecule has 6 nitrogen and oxygen atoms in total. The molecule has 1 fully saturated rings. The fraction of sp³-hybridized carbons (Fsp3) is 0.214. The Labute approximate surface area is 197 Å². The van der Waals surface area contributed by atoms with Crippen LogP contribution < -0.4 is 10.9 Å². The lowest BCUT2D eigenvalue weighted by atomic mass is 9.95. The molecule has 5 rings (SSSR count). The Kier molecular flexibility index (Phi) is 5.06. The Bertz CT molecular complexity index is 1570. The molecule has 1 amide bonds. The lowest BCUT2D eigenvalue weighted by molar-refractivity contribution is 0.102. The van der Waals surface area contributed by atoms with E-state index in [9.17, 15) is 14.9 Å². The summed E-state index contributed by atoms with van der Waals surface area (Å²) in [5, 5.41) is 13.3. The predicted octanol–water partition coefficient (Wildman–Crippen LogP) is 5.02. The normalized spacial score (nSPS) is 13.9. The van der Waals surface area contributed by atoms with Gasteiger partial charge < -0.3 is 9.88 Å². The van der Waals surface area contributed by atoms with Gasteiger partial charge in [-0.15, -0.1) is 0 Å². The molecule has 34 heavy (non-hydrogen) atoms. The summed E-state index contributed by atoms with van der Waals surface area (Å²) < 4.78 is 1.64. The van der Waals surface area contributed by atoms with Crippen LogP contribution in [0.15, 0.2) is 65.6 Å². The Hall–Kier alpha value is -4.24. The van der Waals surface area contributed by atoms with Gasteiger partial charge in [0.05, 0.1) is 17.0 Å². The van der Waals surface area contributed by atoms with Gasteiger partial charge in [0.25, 0.3) is 11.5 Å². The number of fused-ring (bicyclic) bond motifs is 1. The molecule has 1 aliphatic rings. The molecule has 1 saturated carbocycles. The average molecular weight is 449 g/mol. The second kappa shape index (κ2) is 7.96. The van der Waals surface area contributed by atoms with Crippen molar-refractivity contribution < 1.29 is 4.79 Å². The van der Waals surface area contributed by atoms with Crippen LogP contribution in [-0.4, -0.2) is 15.5 Å². The van der Waals surface area contributed by atoms with E-state index in [2.05, 4.69) is 16.4 Å². The van der Waals surface area contributed by atoms with Gasteiger partial charge in [0.2, 0.25) is 0 Å². The molecule has 1 aliphatic carbocycles. The van der Waals surface area contributed by atoms with E-state index in [0.717, 1.165) is 46.1 Å². The van der Waals surface area contributed by atoms with E-state index >= 15 is 0 Å². The zero-order valence-corrected chi connectivity index (χ0v) is 19.3. The summed E-state index contributed by atoms with van der Waals surface area (Å²) in [7, 11) is 1.76. The Balaban J connectivity index is 1.50. The highest BCUT2D eigenvalue weighted by Crippen LogP contribution is 2.47. The molecule has 0 unspecified atom stereocenters. The Morgan fingerprint density at radius 3 is 2.62 bits per heavy atom. The molecule has 0 aliphatic heterocycles. The number of anilines is 1. The number of benzene rings is 2. The van der Waals surface area contributed by atoms with Gasteiger partial charge in [-0.25, -0.2) is 0 Å². The van der Waals surface area contributed by atoms with Gasteiger partial charge in [0.1, 0.15) is 0 Å². The van der Waals surface area contributed by atoms with Crippen LogP contribution in [0.3, 0.4) is 0 Å². The third kappa shape index (κ3) is 3.65. The fourth-order valence-electron chi connectivity index (χ4n) is 4.40. The summed E-state index contributed by atoms with van der Waals surface area (Å²) in [6.45, 7) is 3.84. The minimum Gasteiger partial charge on any atom is -0.322 e. The molecular formula is C28H24N4O2. The van der Waals surface area contributed by atoms with Crippen LogP contribution >= 0.6 is 0 Å². The minimum absolute atomic E-state index is 0.108. The number of aromatic nitrogens is 2. The smallest absolute Gasteiger partial charge is 0.258 e. The highest BCUT2D eigenvalue weighted by Gasteiger charge is 2.45. The van der Waals surface area contributed by atoms with Crippen LogP contribution in [0.4, 0.5) is 5.69 Å². The number of carbonyl (C=O) groups excluding carboxylic acids is 1. The molecule has 6 heteroatoms. The van der Waals surface area contributed by atoms with Gasteiger partial charge in [0.15, 0.2) is 0 Å². The van der Waals surface area contributed by atoms with Crippen molar-refractivity contribution in [3.05, 3.63) is 93.5 Å². The average Bonchev–Trinajstić information content (AvgIpc) is 3.65. The van der Waals surface area contributed by atoms with E-state index in [-0.39, 0.29) is 11.5 Å². The number of aryl methyl sites for hydroxylation is 3. The standard InChI is InChI=1S/C28H24N4O2/c1-17-7-8-22(31-26(33)19-5-4-6-21(12-19)28(16-29)9-10-28)14-23(17)24-13-20-15-30-18(2)11-25(20)32(3)27(24)34/h4-8,11-15H,9-10H2,1-3H3,(H,31,33). The molecule has 2 aromatic carbocycles. The first-order chi connectivity index (χ1) is 16.3. The largest absolute Gasteiger partial charge is 0.322 e. The van der Waals surface area contributed by atoms with Crippen molar-refractivity contribution >= 4 is 22.5 Å². The van der Waals surface area contributed by atoms with Crippen molar-refractivity contribution in [1.82, 2.24) is 9.55 Å². The molecule has 0 saturated heterocycles. The second-order valence-corrected chi connectivity index (χ2v) is 9.07. The van der Waals surface area contributed by atoms with E-state index in [1.807, 2.05) is 56.3 Å². The maximum Gasteiger partial charge on any atom is 0.258 e. The van der Waals surface area contributed by atoms with Crippen molar-refractivity contribution in [2.45, 2.75) is 32.1 Å². The van der Waals surface area contributed by atoms with Gasteiger partial charge in [-0.2, -0.15) is 5.26 Å². The molecule has 0 bridgehead atoms. The number of amides is 1. The van der Waals surface area contributed by atoms with Crippen LogP contribution in [0.5, 0.6) is 0 Å². The van der Waals surface area contributed by atoms with Crippen molar-refractivity contribution in [2.75, 3.05) is 5.32 Å². The number of pyridine rings is 2. The monoisotopic (exact) mass is 448 g/mol. The topological polar surface area (TPSA) is 87.8 Å². The molecule has 4 aromatic rings. The summed E-state index contributed by atoms with van der Waals surface area (Å²) in [4.78, 5) is 30.6. The number of carbonyl (C=O) groups is 1. The number of hydrogen-bond acceptors (Lipinski definition) is 4. The number of nitriles is 1. The number of nitrogens with zero attached hydrogens (tertiary/aromatic N) is 3. The Morgan fingerprint density at radius 2 is 1.88 bits per heavy atom. The number of hydrogen-bond donors (Lipinski definition) is 1. The molecular weight excluding hydrogens is 424 g/mol. The lowest BCUT2D eigenvalue weighted by Crippen LogP contribution is -2.19. The predicted molar refractivity (Wildman–Crippen MR) is 133 cm³/mol. The van der Waals surface area contributed by atoms with Gasteiger partial charge in [-0.1, -0.05) is 18.2 Å². The highest BCUT2D eigenvalue weighted by atomic mass is 16.1. The lowest BCUT2D eigenvalue weighted by Gasteiger charge is -2.14. The second-order valence-electron chi connectivity index (χ2n) is 9.07. The summed E-state index contributed by atoms with van der Waals surface area (Å²) in [6, 6.07) is 19.0. The summed E-state index contributed by atoms with van der Waals surface area (Å²) >= 11 is 0. The third-order valence-electron chi connectivity index (χ3n) is 6.67. The van der Waals surface area contributed by atoms with Gasteiger partial charge in [-0.05, 0) is 79.8 Å². The SMILES string of the molecule is Cc1cc2c(cn1)cc(-c1cc(NC(=O)c3cccc(C4(C#N)CC4)c3)ccc1C)c(=O)n2C. The molecule has 1 N–H and O–H groups in total.